The standard InChI is InChI=1S/C17H15Cl2N5O5/c1-2-21-17(27)29-16(26)13(7-20)24-23-9-5-11(18)15(12(19)6-9)28-10-3-4-14(25)22-8-10/h3-6,8,13,23-24H,2H2,1H3,(H,21,27)(H,22,25). The van der Waals surface area contributed by atoms with Crippen molar-refractivity contribution >= 4 is 41.0 Å². The van der Waals surface area contributed by atoms with E-state index in [4.69, 9.17) is 33.2 Å². The van der Waals surface area contributed by atoms with Crippen molar-refractivity contribution in [2.45, 2.75) is 13.0 Å². The number of nitriles is 1. The molecule has 0 saturated heterocycles. The van der Waals surface area contributed by atoms with E-state index < -0.39 is 18.1 Å². The van der Waals surface area contributed by atoms with E-state index in [2.05, 4.69) is 25.9 Å². The van der Waals surface area contributed by atoms with Crippen LogP contribution >= 0.6 is 23.2 Å². The maximum Gasteiger partial charge on any atom is 0.414 e. The van der Waals surface area contributed by atoms with Crippen molar-refractivity contribution in [2.24, 2.45) is 0 Å². The van der Waals surface area contributed by atoms with Crippen molar-refractivity contribution in [1.29, 1.82) is 5.26 Å². The van der Waals surface area contributed by atoms with Gasteiger partial charge in [-0.2, -0.15) is 5.26 Å². The molecule has 0 spiro atoms. The van der Waals surface area contributed by atoms with Crippen LogP contribution in [0.2, 0.25) is 10.0 Å². The molecule has 0 fully saturated rings. The number of benzene rings is 1. The number of hydrazine groups is 1. The first-order valence-corrected chi connectivity index (χ1v) is 8.86. The minimum atomic E-state index is -1.48. The Labute approximate surface area is 174 Å². The molecular weight excluding hydrogens is 425 g/mol. The summed E-state index contributed by atoms with van der Waals surface area (Å²) < 4.78 is 10.0. The predicted molar refractivity (Wildman–Crippen MR) is 105 cm³/mol. The van der Waals surface area contributed by atoms with Gasteiger partial charge in [-0.05, 0) is 25.1 Å². The van der Waals surface area contributed by atoms with Gasteiger partial charge in [0, 0.05) is 18.8 Å². The van der Waals surface area contributed by atoms with Crippen LogP contribution in [0.1, 0.15) is 6.92 Å². The van der Waals surface area contributed by atoms with Crippen LogP contribution in [0, 0.1) is 11.3 Å². The zero-order chi connectivity index (χ0) is 21.4. The minimum Gasteiger partial charge on any atom is -0.453 e. The number of aromatic nitrogens is 1. The summed E-state index contributed by atoms with van der Waals surface area (Å²) >= 11 is 12.3. The monoisotopic (exact) mass is 439 g/mol. The number of hydrogen-bond acceptors (Lipinski definition) is 8. The van der Waals surface area contributed by atoms with Crippen molar-refractivity contribution in [3.63, 3.8) is 0 Å². The van der Waals surface area contributed by atoms with E-state index in [1.165, 1.54) is 30.5 Å². The quantitative estimate of drug-likeness (QED) is 0.292. The van der Waals surface area contributed by atoms with Crippen LogP contribution in [0.25, 0.3) is 0 Å². The summed E-state index contributed by atoms with van der Waals surface area (Å²) in [6, 6.07) is 5.73. The highest BCUT2D eigenvalue weighted by atomic mass is 35.5. The highest BCUT2D eigenvalue weighted by Crippen LogP contribution is 2.38. The van der Waals surface area contributed by atoms with E-state index in [-0.39, 0.29) is 27.9 Å². The average molecular weight is 440 g/mol. The molecule has 0 aliphatic heterocycles. The third-order valence-corrected chi connectivity index (χ3v) is 3.78. The SMILES string of the molecule is CCNC(=O)OC(=O)C(C#N)NNc1cc(Cl)c(Oc2ccc(=O)[nH]c2)c(Cl)c1. The fourth-order valence-electron chi connectivity index (χ4n) is 1.94. The number of halogens is 2. The fourth-order valence-corrected chi connectivity index (χ4v) is 2.50. The summed E-state index contributed by atoms with van der Waals surface area (Å²) in [5.74, 6) is -0.649. The van der Waals surface area contributed by atoms with Crippen LogP contribution in [-0.2, 0) is 9.53 Å². The summed E-state index contributed by atoms with van der Waals surface area (Å²) in [7, 11) is 0. The average Bonchev–Trinajstić information content (AvgIpc) is 2.66. The maximum absolute atomic E-state index is 11.8. The predicted octanol–water partition coefficient (Wildman–Crippen LogP) is 2.56. The van der Waals surface area contributed by atoms with Crippen LogP contribution in [0.5, 0.6) is 11.5 Å². The molecule has 1 unspecified atom stereocenters. The molecule has 1 aromatic heterocycles. The number of carbonyl (C=O) groups excluding carboxylic acids is 2. The Hall–Kier alpha value is -3.26. The molecule has 1 atom stereocenters. The Kier molecular flexibility index (Phi) is 7.85. The summed E-state index contributed by atoms with van der Waals surface area (Å²) in [5.41, 5.74) is 5.00. The molecule has 1 heterocycles. The van der Waals surface area contributed by atoms with Crippen LogP contribution in [0.3, 0.4) is 0 Å². The number of ether oxygens (including phenoxy) is 2. The van der Waals surface area contributed by atoms with Gasteiger partial charge in [-0.3, -0.25) is 4.79 Å². The molecule has 29 heavy (non-hydrogen) atoms. The second-order valence-corrected chi connectivity index (χ2v) is 6.14. The van der Waals surface area contributed by atoms with E-state index >= 15 is 0 Å². The third-order valence-electron chi connectivity index (χ3n) is 3.21. The Bertz CT molecular complexity index is 961. The smallest absolute Gasteiger partial charge is 0.414 e. The molecule has 0 radical (unpaired) electrons. The molecular formula is C17H15Cl2N5O5. The normalized spacial score (nSPS) is 11.1. The zero-order valence-corrected chi connectivity index (χ0v) is 16.4. The Morgan fingerprint density at radius 2 is 1.97 bits per heavy atom. The Balaban J connectivity index is 2.05. The van der Waals surface area contributed by atoms with Gasteiger partial charge in [0.05, 0.1) is 21.8 Å². The van der Waals surface area contributed by atoms with Gasteiger partial charge in [-0.1, -0.05) is 23.2 Å². The number of esters is 1. The first kappa shape index (κ1) is 22.0. The number of hydrogen-bond donors (Lipinski definition) is 4. The molecule has 0 aliphatic rings. The number of rotatable bonds is 7. The summed E-state index contributed by atoms with van der Waals surface area (Å²) in [6.45, 7) is 1.91. The van der Waals surface area contributed by atoms with Crippen molar-refractivity contribution in [1.82, 2.24) is 15.7 Å². The molecule has 2 rings (SSSR count). The number of nitrogens with one attached hydrogen (secondary N) is 4. The molecule has 4 N–H and O–H groups in total. The molecule has 1 amide bonds. The number of aromatic amines is 1. The number of amides is 1. The lowest BCUT2D eigenvalue weighted by Gasteiger charge is -2.15. The van der Waals surface area contributed by atoms with Gasteiger partial charge >= 0.3 is 12.1 Å². The van der Waals surface area contributed by atoms with Gasteiger partial charge in [0.25, 0.3) is 0 Å². The molecule has 1 aromatic carbocycles. The van der Waals surface area contributed by atoms with E-state index in [0.29, 0.717) is 11.4 Å². The number of nitrogens with zero attached hydrogens (tertiary/aromatic N) is 1. The van der Waals surface area contributed by atoms with Crippen LogP contribution in [0.15, 0.2) is 35.3 Å². The number of anilines is 1. The highest BCUT2D eigenvalue weighted by Gasteiger charge is 2.22. The highest BCUT2D eigenvalue weighted by molar-refractivity contribution is 6.37. The van der Waals surface area contributed by atoms with Crippen molar-refractivity contribution in [3.05, 3.63) is 50.9 Å². The largest absolute Gasteiger partial charge is 0.453 e. The van der Waals surface area contributed by atoms with Gasteiger partial charge in [0.2, 0.25) is 11.6 Å². The van der Waals surface area contributed by atoms with Crippen molar-refractivity contribution in [2.75, 3.05) is 12.0 Å². The number of carbonyl (C=O) groups is 2. The van der Waals surface area contributed by atoms with Gasteiger partial charge in [-0.15, -0.1) is 0 Å². The second-order valence-electron chi connectivity index (χ2n) is 5.33. The zero-order valence-electron chi connectivity index (χ0n) is 14.9. The lowest BCUT2D eigenvalue weighted by molar-refractivity contribution is -0.138. The van der Waals surface area contributed by atoms with Gasteiger partial charge in [-0.25, -0.2) is 15.0 Å². The molecule has 0 bridgehead atoms. The van der Waals surface area contributed by atoms with E-state index in [0.717, 1.165) is 0 Å². The van der Waals surface area contributed by atoms with Gasteiger partial charge in [0.1, 0.15) is 5.75 Å². The molecule has 2 aromatic rings. The lowest BCUT2D eigenvalue weighted by atomic mass is 10.3. The molecule has 0 aliphatic carbocycles. The number of alkyl carbamates (subject to hydrolysis) is 1. The number of pyridine rings is 1. The molecule has 0 saturated carbocycles. The van der Waals surface area contributed by atoms with E-state index in [1.54, 1.807) is 13.0 Å². The first-order valence-electron chi connectivity index (χ1n) is 8.10. The maximum atomic E-state index is 11.8. The fraction of sp³-hybridized carbons (Fsp3) is 0.176. The lowest BCUT2D eigenvalue weighted by Crippen LogP contribution is -2.42. The second kappa shape index (κ2) is 10.3. The Morgan fingerprint density at radius 1 is 1.28 bits per heavy atom. The van der Waals surface area contributed by atoms with Crippen LogP contribution < -0.4 is 26.5 Å². The topological polar surface area (TPSA) is 145 Å². The van der Waals surface area contributed by atoms with Gasteiger partial charge < -0.3 is 25.2 Å². The summed E-state index contributed by atoms with van der Waals surface area (Å²) in [5, 5.41) is 11.6. The van der Waals surface area contributed by atoms with Crippen LogP contribution in [0.4, 0.5) is 10.5 Å². The van der Waals surface area contributed by atoms with Crippen molar-refractivity contribution < 1.29 is 19.1 Å². The van der Waals surface area contributed by atoms with E-state index in [1.807, 2.05) is 0 Å². The molecule has 10 nitrogen and oxygen atoms in total. The summed E-state index contributed by atoms with van der Waals surface area (Å²) in [4.78, 5) is 36.6. The van der Waals surface area contributed by atoms with Crippen molar-refractivity contribution in [3.8, 4) is 17.6 Å². The first-order chi connectivity index (χ1) is 13.8. The third kappa shape index (κ3) is 6.39. The summed E-state index contributed by atoms with van der Waals surface area (Å²) in [6.07, 6.45) is 0.384. The number of H-pyrrole nitrogens is 1. The van der Waals surface area contributed by atoms with Gasteiger partial charge in [0.15, 0.2) is 5.75 Å². The van der Waals surface area contributed by atoms with Crippen LogP contribution in [-0.4, -0.2) is 29.6 Å². The minimum absolute atomic E-state index is 0.117. The van der Waals surface area contributed by atoms with E-state index in [9.17, 15) is 14.4 Å². The molecule has 12 heteroatoms. The molecule has 152 valence electrons. The Morgan fingerprint density at radius 3 is 2.52 bits per heavy atom.